The summed E-state index contributed by atoms with van der Waals surface area (Å²) >= 11 is 0. The summed E-state index contributed by atoms with van der Waals surface area (Å²) in [5, 5.41) is 0.980. The molecule has 2 amide bonds. The fraction of sp³-hybridized carbons (Fsp3) is 0.371. The lowest BCUT2D eigenvalue weighted by molar-refractivity contribution is -0.141. The molecule has 4 aromatic rings. The lowest BCUT2D eigenvalue weighted by atomic mass is 9.76. The van der Waals surface area contributed by atoms with E-state index in [1.807, 2.05) is 93.2 Å². The van der Waals surface area contributed by atoms with Gasteiger partial charge in [0.05, 0.1) is 23.7 Å². The van der Waals surface area contributed by atoms with Crippen molar-refractivity contribution in [2.24, 2.45) is 11.3 Å². The second-order valence-corrected chi connectivity index (χ2v) is 13.2. The van der Waals surface area contributed by atoms with E-state index in [0.29, 0.717) is 24.5 Å². The van der Waals surface area contributed by atoms with Crippen LogP contribution in [0.25, 0.3) is 22.0 Å². The van der Waals surface area contributed by atoms with Crippen LogP contribution >= 0.6 is 0 Å². The summed E-state index contributed by atoms with van der Waals surface area (Å²) in [6.07, 6.45) is 2.64. The number of aromatic nitrogens is 2. The van der Waals surface area contributed by atoms with E-state index in [1.165, 1.54) is 0 Å². The third kappa shape index (κ3) is 5.54. The first kappa shape index (κ1) is 28.6. The Kier molecular flexibility index (Phi) is 7.32. The first-order chi connectivity index (χ1) is 20.5. The SMILES string of the molecule is CN(C)c1cccc(-c2ccc(C(=O)N3C[C@@H]4C[C@H]3CN4C(=O)[C@@H](CC(=O)c3cc4ccccc4[nH]3)C(C)(C)C)nc2)c1. The Morgan fingerprint density at radius 2 is 1.67 bits per heavy atom. The topological polar surface area (TPSA) is 89.6 Å². The van der Waals surface area contributed by atoms with Gasteiger partial charge in [0, 0.05) is 62.0 Å². The number of pyridine rings is 1. The molecule has 2 fully saturated rings. The number of fused-ring (bicyclic) bond motifs is 3. The van der Waals surface area contributed by atoms with Crippen LogP contribution in [-0.4, -0.2) is 76.6 Å². The van der Waals surface area contributed by atoms with Crippen molar-refractivity contribution < 1.29 is 14.4 Å². The Bertz CT molecular complexity index is 1650. The number of aromatic amines is 1. The van der Waals surface area contributed by atoms with Crippen molar-refractivity contribution in [3.8, 4) is 11.1 Å². The van der Waals surface area contributed by atoms with Crippen molar-refractivity contribution in [1.82, 2.24) is 19.8 Å². The van der Waals surface area contributed by atoms with Gasteiger partial charge in [0.15, 0.2) is 5.78 Å². The number of rotatable bonds is 7. The number of nitrogens with zero attached hydrogens (tertiary/aromatic N) is 4. The molecule has 6 rings (SSSR count). The minimum atomic E-state index is -0.463. The number of ketones is 1. The van der Waals surface area contributed by atoms with E-state index in [2.05, 4.69) is 27.0 Å². The van der Waals surface area contributed by atoms with Crippen LogP contribution in [0.4, 0.5) is 5.69 Å². The predicted octanol–water partition coefficient (Wildman–Crippen LogP) is 5.66. The highest BCUT2D eigenvalue weighted by Gasteiger charge is 2.50. The van der Waals surface area contributed by atoms with Crippen LogP contribution in [0.2, 0.25) is 0 Å². The molecule has 0 unspecified atom stereocenters. The summed E-state index contributed by atoms with van der Waals surface area (Å²) in [5.74, 6) is -0.628. The molecule has 43 heavy (non-hydrogen) atoms. The zero-order valence-electron chi connectivity index (χ0n) is 25.5. The Morgan fingerprint density at radius 1 is 0.930 bits per heavy atom. The zero-order chi connectivity index (χ0) is 30.5. The highest BCUT2D eigenvalue weighted by Crippen LogP contribution is 2.38. The van der Waals surface area contributed by atoms with E-state index in [1.54, 1.807) is 12.3 Å². The molecule has 2 aliphatic heterocycles. The minimum Gasteiger partial charge on any atom is -0.378 e. The lowest BCUT2D eigenvalue weighted by Crippen LogP contribution is -2.53. The highest BCUT2D eigenvalue weighted by atomic mass is 16.2. The second kappa shape index (κ2) is 11.0. The smallest absolute Gasteiger partial charge is 0.272 e. The van der Waals surface area contributed by atoms with Gasteiger partial charge in [-0.2, -0.15) is 0 Å². The number of hydrogen-bond donors (Lipinski definition) is 1. The van der Waals surface area contributed by atoms with Gasteiger partial charge in [-0.15, -0.1) is 0 Å². The first-order valence-electron chi connectivity index (χ1n) is 15.0. The van der Waals surface area contributed by atoms with E-state index >= 15 is 0 Å². The predicted molar refractivity (Wildman–Crippen MR) is 169 cm³/mol. The average Bonchev–Trinajstić information content (AvgIpc) is 3.73. The van der Waals surface area contributed by atoms with Crippen LogP contribution in [0.3, 0.4) is 0 Å². The quantitative estimate of drug-likeness (QED) is 0.287. The highest BCUT2D eigenvalue weighted by molar-refractivity contribution is 6.01. The van der Waals surface area contributed by atoms with Crippen molar-refractivity contribution in [3.05, 3.63) is 84.3 Å². The van der Waals surface area contributed by atoms with Crippen LogP contribution in [0.15, 0.2) is 72.9 Å². The Labute approximate surface area is 252 Å². The number of para-hydroxylation sites is 1. The number of amides is 2. The maximum absolute atomic E-state index is 14.0. The molecule has 3 atom stereocenters. The summed E-state index contributed by atoms with van der Waals surface area (Å²) in [5.41, 5.74) is 4.56. The molecule has 2 bridgehead atoms. The third-order valence-electron chi connectivity index (χ3n) is 9.03. The Balaban J connectivity index is 1.12. The van der Waals surface area contributed by atoms with Crippen LogP contribution in [0.5, 0.6) is 0 Å². The fourth-order valence-electron chi connectivity index (χ4n) is 6.47. The number of anilines is 1. The lowest BCUT2D eigenvalue weighted by Gasteiger charge is -2.39. The molecule has 8 heteroatoms. The zero-order valence-corrected chi connectivity index (χ0v) is 25.5. The number of carbonyl (C=O) groups excluding carboxylic acids is 3. The van der Waals surface area contributed by atoms with Crippen LogP contribution < -0.4 is 4.90 Å². The molecular weight excluding hydrogens is 538 g/mol. The van der Waals surface area contributed by atoms with Crippen molar-refractivity contribution in [2.75, 3.05) is 32.1 Å². The molecule has 2 aliphatic rings. The van der Waals surface area contributed by atoms with E-state index in [0.717, 1.165) is 34.1 Å². The average molecular weight is 578 g/mol. The minimum absolute atomic E-state index is 0.000933. The molecule has 1 N–H and O–H groups in total. The molecule has 2 aromatic carbocycles. The number of hydrogen-bond acceptors (Lipinski definition) is 5. The van der Waals surface area contributed by atoms with Gasteiger partial charge in [-0.3, -0.25) is 19.4 Å². The van der Waals surface area contributed by atoms with Gasteiger partial charge in [-0.05, 0) is 47.7 Å². The van der Waals surface area contributed by atoms with Crippen LogP contribution in [-0.2, 0) is 4.79 Å². The number of Topliss-reactive ketones (excluding diaryl/α,β-unsaturated/α-hetero) is 1. The monoisotopic (exact) mass is 577 g/mol. The summed E-state index contributed by atoms with van der Waals surface area (Å²) in [4.78, 5) is 54.3. The maximum atomic E-state index is 14.0. The van der Waals surface area contributed by atoms with E-state index < -0.39 is 11.3 Å². The van der Waals surface area contributed by atoms with E-state index in [9.17, 15) is 14.4 Å². The largest absolute Gasteiger partial charge is 0.378 e. The van der Waals surface area contributed by atoms with Crippen LogP contribution in [0.1, 0.15) is 54.6 Å². The van der Waals surface area contributed by atoms with E-state index in [4.69, 9.17) is 0 Å². The van der Waals surface area contributed by atoms with Gasteiger partial charge in [-0.1, -0.05) is 57.2 Å². The van der Waals surface area contributed by atoms with Gasteiger partial charge >= 0.3 is 0 Å². The Morgan fingerprint density at radius 3 is 2.33 bits per heavy atom. The number of likely N-dealkylation sites (tertiary alicyclic amines) is 2. The number of nitrogens with one attached hydrogen (secondary N) is 1. The molecular formula is C35H39N5O3. The molecule has 8 nitrogen and oxygen atoms in total. The normalized spacial score (nSPS) is 18.7. The van der Waals surface area contributed by atoms with Crippen molar-refractivity contribution in [2.45, 2.75) is 45.7 Å². The number of carbonyl (C=O) groups is 3. The molecule has 0 aliphatic carbocycles. The summed E-state index contributed by atoms with van der Waals surface area (Å²) in [6, 6.07) is 21.5. The first-order valence-corrected chi connectivity index (χ1v) is 15.0. The molecule has 2 aromatic heterocycles. The number of benzene rings is 2. The van der Waals surface area contributed by atoms with Crippen molar-refractivity contribution in [1.29, 1.82) is 0 Å². The molecule has 0 spiro atoms. The summed E-state index contributed by atoms with van der Waals surface area (Å²) in [7, 11) is 4.01. The molecule has 222 valence electrons. The van der Waals surface area contributed by atoms with Gasteiger partial charge in [0.1, 0.15) is 5.69 Å². The van der Waals surface area contributed by atoms with Gasteiger partial charge in [0.2, 0.25) is 5.91 Å². The van der Waals surface area contributed by atoms with Gasteiger partial charge < -0.3 is 19.7 Å². The molecule has 0 radical (unpaired) electrons. The fourth-order valence-corrected chi connectivity index (χ4v) is 6.47. The maximum Gasteiger partial charge on any atom is 0.272 e. The van der Waals surface area contributed by atoms with Crippen molar-refractivity contribution >= 4 is 34.2 Å². The van der Waals surface area contributed by atoms with Crippen molar-refractivity contribution in [3.63, 3.8) is 0 Å². The molecule has 0 saturated carbocycles. The molecule has 2 saturated heterocycles. The second-order valence-electron chi connectivity index (χ2n) is 13.2. The Hall–Kier alpha value is -4.46. The number of H-pyrrole nitrogens is 1. The summed E-state index contributed by atoms with van der Waals surface area (Å²) < 4.78 is 0. The standard InChI is InChI=1S/C35H39N5O3/c1-35(2,3)28(18-32(41)31-16-23-9-6-7-12-29(23)37-31)33(42)39-20-27-17-26(39)21-40(27)34(43)30-14-13-24(19-36-30)22-10-8-11-25(15-22)38(4)5/h6-16,19,26-28,37H,17-18,20-21H2,1-5H3/t26-,27-,28+/m0/s1. The molecule has 4 heterocycles. The van der Waals surface area contributed by atoms with Crippen LogP contribution in [0, 0.1) is 11.3 Å². The third-order valence-corrected chi connectivity index (χ3v) is 9.03. The summed E-state index contributed by atoms with van der Waals surface area (Å²) in [6.45, 7) is 7.02. The number of piperazine rings is 1. The van der Waals surface area contributed by atoms with Gasteiger partial charge in [-0.25, -0.2) is 0 Å². The van der Waals surface area contributed by atoms with E-state index in [-0.39, 0.29) is 36.1 Å². The van der Waals surface area contributed by atoms with Gasteiger partial charge in [0.25, 0.3) is 5.91 Å².